The molecule has 2 saturated heterocycles. The summed E-state index contributed by atoms with van der Waals surface area (Å²) >= 11 is 0. The highest BCUT2D eigenvalue weighted by molar-refractivity contribution is 6.03. The van der Waals surface area contributed by atoms with Crippen LogP contribution in [0.5, 0.6) is 5.75 Å². The first-order chi connectivity index (χ1) is 25.0. The molecule has 3 amide bonds. The van der Waals surface area contributed by atoms with Gasteiger partial charge in [-0.05, 0) is 63.0 Å². The van der Waals surface area contributed by atoms with Crippen LogP contribution in [0.3, 0.4) is 0 Å². The first-order valence-corrected chi connectivity index (χ1v) is 17.9. The van der Waals surface area contributed by atoms with Crippen molar-refractivity contribution in [3.8, 4) is 5.75 Å². The molecule has 0 saturated carbocycles. The van der Waals surface area contributed by atoms with E-state index in [9.17, 15) is 27.6 Å². The topological polar surface area (TPSA) is 144 Å². The van der Waals surface area contributed by atoms with Gasteiger partial charge in [-0.3, -0.25) is 14.4 Å². The molecule has 3 aromatic rings. The number of likely N-dealkylation sites (N-methyl/N-ethyl adjacent to an activating group) is 2. The fourth-order valence-electron chi connectivity index (χ4n) is 6.74. The van der Waals surface area contributed by atoms with E-state index in [0.29, 0.717) is 62.2 Å². The molecule has 55 heavy (non-hydrogen) atoms. The number of alkyl halides is 3. The molecule has 4 N–H and O–H groups in total. The number of nitrogens with zero attached hydrogens (tertiary/aromatic N) is 5. The summed E-state index contributed by atoms with van der Waals surface area (Å²) in [5.41, 5.74) is -0.385. The third-order valence-electron chi connectivity index (χ3n) is 10.0. The molecule has 1 aromatic heterocycles. The van der Waals surface area contributed by atoms with Gasteiger partial charge in [0.05, 0.1) is 29.9 Å². The highest BCUT2D eigenvalue weighted by Crippen LogP contribution is 2.40. The van der Waals surface area contributed by atoms with Crippen LogP contribution in [-0.4, -0.2) is 109 Å². The molecule has 3 heterocycles. The van der Waals surface area contributed by atoms with Gasteiger partial charge in [-0.15, -0.1) is 24.8 Å². The van der Waals surface area contributed by atoms with Crippen LogP contribution in [0, 0.1) is 5.41 Å². The number of methoxy groups -OCH3 is 1. The average Bonchev–Trinajstić information content (AvgIpc) is 3.63. The Morgan fingerprint density at radius 2 is 1.69 bits per heavy atom. The normalized spacial score (nSPS) is 17.5. The summed E-state index contributed by atoms with van der Waals surface area (Å²) in [4.78, 5) is 54.7. The number of rotatable bonds is 11. The summed E-state index contributed by atoms with van der Waals surface area (Å²) in [6.07, 6.45) is -2.30. The predicted molar refractivity (Wildman–Crippen MR) is 213 cm³/mol. The van der Waals surface area contributed by atoms with Crippen LogP contribution in [-0.2, 0) is 20.6 Å². The van der Waals surface area contributed by atoms with Crippen LogP contribution >= 0.6 is 24.8 Å². The third-order valence-corrected chi connectivity index (χ3v) is 10.0. The number of benzene rings is 2. The number of hydrogen-bond donors (Lipinski definition) is 4. The Hall–Kier alpha value is -4.12. The average molecular weight is 815 g/mol. The van der Waals surface area contributed by atoms with Gasteiger partial charge >= 0.3 is 6.18 Å². The molecule has 5 rings (SSSR count). The number of hydrogen-bond acceptors (Lipinski definition) is 10. The van der Waals surface area contributed by atoms with Crippen molar-refractivity contribution in [2.24, 2.45) is 5.41 Å². The van der Waals surface area contributed by atoms with Crippen LogP contribution in [0.15, 0.2) is 36.7 Å². The van der Waals surface area contributed by atoms with Crippen LogP contribution in [0.1, 0.15) is 53.0 Å². The largest absolute Gasteiger partial charge is 0.494 e. The van der Waals surface area contributed by atoms with Gasteiger partial charge in [0.25, 0.3) is 0 Å². The molecular formula is C37H52Cl2F3N9O4. The van der Waals surface area contributed by atoms with Crippen molar-refractivity contribution in [3.05, 3.63) is 42.2 Å². The number of piperazine rings is 1. The first kappa shape index (κ1) is 45.3. The number of ether oxygens (including phenoxy) is 1. The molecule has 18 heteroatoms. The van der Waals surface area contributed by atoms with Crippen LogP contribution in [0.4, 0.5) is 36.1 Å². The summed E-state index contributed by atoms with van der Waals surface area (Å²) in [5.74, 6) is -0.622. The number of likely N-dealkylation sites (tertiary alicyclic amines) is 1. The second kappa shape index (κ2) is 18.7. The number of amides is 3. The SMILES string of the molecule is CCN1CCN(c2ccc(Nc3ncnc4cc(OC)c(NC(=O)C5CCCN5C(=O)[C@@H](NC(=O)[C@H](C)NC)C(C)(C)C)cc34)cc2C(F)(F)F)CC1.Cl.Cl. The van der Waals surface area contributed by atoms with E-state index in [-0.39, 0.29) is 59.5 Å². The summed E-state index contributed by atoms with van der Waals surface area (Å²) in [6, 6.07) is 5.14. The van der Waals surface area contributed by atoms with Crippen LogP contribution in [0.25, 0.3) is 10.9 Å². The van der Waals surface area contributed by atoms with E-state index in [1.54, 1.807) is 37.1 Å². The molecule has 0 bridgehead atoms. The second-order valence-electron chi connectivity index (χ2n) is 14.6. The van der Waals surface area contributed by atoms with Crippen molar-refractivity contribution < 1.29 is 32.3 Å². The molecular weight excluding hydrogens is 762 g/mol. The number of carbonyl (C=O) groups is 3. The summed E-state index contributed by atoms with van der Waals surface area (Å²) in [5, 5.41) is 12.1. The van der Waals surface area contributed by atoms with Crippen molar-refractivity contribution in [2.45, 2.75) is 71.8 Å². The van der Waals surface area contributed by atoms with Gasteiger partial charge in [-0.1, -0.05) is 27.7 Å². The summed E-state index contributed by atoms with van der Waals surface area (Å²) in [7, 11) is 3.09. The molecule has 304 valence electrons. The van der Waals surface area contributed by atoms with Crippen molar-refractivity contribution in [1.29, 1.82) is 0 Å². The first-order valence-electron chi connectivity index (χ1n) is 17.9. The number of anilines is 4. The van der Waals surface area contributed by atoms with Gasteiger partial charge in [0.1, 0.15) is 30.0 Å². The lowest BCUT2D eigenvalue weighted by Crippen LogP contribution is -2.59. The molecule has 3 atom stereocenters. The highest BCUT2D eigenvalue weighted by Gasteiger charge is 2.42. The van der Waals surface area contributed by atoms with Gasteiger partial charge in [-0.2, -0.15) is 13.2 Å². The molecule has 13 nitrogen and oxygen atoms in total. The Labute approximate surface area is 332 Å². The fourth-order valence-corrected chi connectivity index (χ4v) is 6.74. The van der Waals surface area contributed by atoms with E-state index >= 15 is 0 Å². The summed E-state index contributed by atoms with van der Waals surface area (Å²) in [6.45, 7) is 12.8. The zero-order valence-electron chi connectivity index (χ0n) is 32.2. The number of halogens is 5. The minimum absolute atomic E-state index is 0. The fraction of sp³-hybridized carbons (Fsp3) is 0.541. The maximum absolute atomic E-state index is 14.4. The lowest BCUT2D eigenvalue weighted by Gasteiger charge is -2.36. The molecule has 2 aliphatic rings. The molecule has 0 aliphatic carbocycles. The predicted octanol–water partition coefficient (Wildman–Crippen LogP) is 5.45. The highest BCUT2D eigenvalue weighted by atomic mass is 35.5. The minimum Gasteiger partial charge on any atom is -0.494 e. The number of nitrogens with one attached hydrogen (secondary N) is 4. The number of fused-ring (bicyclic) bond motifs is 1. The van der Waals surface area contributed by atoms with E-state index in [1.807, 2.05) is 27.7 Å². The van der Waals surface area contributed by atoms with Gasteiger partial charge in [0.15, 0.2) is 0 Å². The maximum atomic E-state index is 14.4. The number of aromatic nitrogens is 2. The van der Waals surface area contributed by atoms with Gasteiger partial charge in [0, 0.05) is 55.6 Å². The smallest absolute Gasteiger partial charge is 0.418 e. The molecule has 2 aromatic carbocycles. The lowest BCUT2D eigenvalue weighted by atomic mass is 9.85. The second-order valence-corrected chi connectivity index (χ2v) is 14.6. The van der Waals surface area contributed by atoms with E-state index in [1.165, 1.54) is 24.4 Å². The number of carbonyl (C=O) groups excluding carboxylic acids is 3. The molecule has 2 aliphatic heterocycles. The van der Waals surface area contributed by atoms with Crippen molar-refractivity contribution in [3.63, 3.8) is 0 Å². The standard InChI is InChI=1S/C37H50F3N9O4.2ClH/c1-8-47-14-16-48(17-15-47)28-12-11-23(18-25(28)37(38,39)40)44-32-24-19-27(30(53-7)20-26(24)42-21-43-32)45-34(51)29-10-9-13-49(29)35(52)31(36(3,4)5)46-33(50)22(2)41-6;;/h11-12,18-22,29,31,41H,8-10,13-17H2,1-7H3,(H,45,51)(H,46,50)(H,42,43,44);2*1H/t22-,29?,31+;;/m0../s1. The molecule has 0 spiro atoms. The van der Waals surface area contributed by atoms with Crippen LogP contribution < -0.4 is 30.9 Å². The quantitative estimate of drug-likeness (QED) is 0.197. The summed E-state index contributed by atoms with van der Waals surface area (Å²) < 4.78 is 48.8. The third kappa shape index (κ3) is 10.4. The van der Waals surface area contributed by atoms with E-state index in [0.717, 1.165) is 12.6 Å². The Balaban J connectivity index is 0.00000406. The lowest BCUT2D eigenvalue weighted by molar-refractivity contribution is -0.143. The molecule has 2 fully saturated rings. The van der Waals surface area contributed by atoms with Crippen LogP contribution in [0.2, 0.25) is 0 Å². The minimum atomic E-state index is -4.59. The van der Waals surface area contributed by atoms with E-state index < -0.39 is 41.2 Å². The van der Waals surface area contributed by atoms with E-state index in [2.05, 4.69) is 36.1 Å². The van der Waals surface area contributed by atoms with Gasteiger partial charge < -0.3 is 40.7 Å². The van der Waals surface area contributed by atoms with E-state index in [4.69, 9.17) is 4.74 Å². The molecule has 0 radical (unpaired) electrons. The maximum Gasteiger partial charge on any atom is 0.418 e. The monoisotopic (exact) mass is 813 g/mol. The van der Waals surface area contributed by atoms with Crippen molar-refractivity contribution in [1.82, 2.24) is 30.4 Å². The van der Waals surface area contributed by atoms with Crippen molar-refractivity contribution in [2.75, 3.05) is 69.0 Å². The Bertz CT molecular complexity index is 1820. The van der Waals surface area contributed by atoms with Crippen molar-refractivity contribution >= 4 is 76.3 Å². The Kier molecular flexibility index (Phi) is 15.4. The zero-order chi connectivity index (χ0) is 38.7. The van der Waals surface area contributed by atoms with Gasteiger partial charge in [0.2, 0.25) is 17.7 Å². The molecule has 1 unspecified atom stereocenters. The Morgan fingerprint density at radius 3 is 2.29 bits per heavy atom. The Morgan fingerprint density at radius 1 is 1.00 bits per heavy atom. The van der Waals surface area contributed by atoms with Gasteiger partial charge in [-0.25, -0.2) is 9.97 Å². The zero-order valence-corrected chi connectivity index (χ0v) is 33.8.